The average Bonchev–Trinajstić information content (AvgIpc) is 2.73. The van der Waals surface area contributed by atoms with Crippen LogP contribution in [0.2, 0.25) is 0 Å². The Morgan fingerprint density at radius 1 is 1.17 bits per heavy atom. The monoisotopic (exact) mass is 246 g/mol. The molecule has 0 aliphatic carbocycles. The largest absolute Gasteiger partial charge is 0.366 e. The van der Waals surface area contributed by atoms with Gasteiger partial charge in [0.05, 0.1) is 0 Å². The number of hydrogen-bond donors (Lipinski definition) is 1. The van der Waals surface area contributed by atoms with Crippen LogP contribution in [0.1, 0.15) is 33.3 Å². The highest BCUT2D eigenvalue weighted by atomic mass is 15.2. The molecule has 1 N–H and O–H groups in total. The first kappa shape index (κ1) is 13.4. The van der Waals surface area contributed by atoms with Crippen LogP contribution < -0.4 is 10.2 Å². The molecule has 2 rings (SSSR count). The minimum atomic E-state index is 0.559. The summed E-state index contributed by atoms with van der Waals surface area (Å²) in [6, 6.07) is 10.00. The Hall–Kier alpha value is -1.02. The van der Waals surface area contributed by atoms with E-state index in [1.807, 2.05) is 0 Å². The highest BCUT2D eigenvalue weighted by Gasteiger charge is 2.27. The van der Waals surface area contributed by atoms with Crippen molar-refractivity contribution >= 4 is 5.69 Å². The van der Waals surface area contributed by atoms with Gasteiger partial charge in [0.1, 0.15) is 0 Å². The van der Waals surface area contributed by atoms with Gasteiger partial charge in [-0.15, -0.1) is 0 Å². The molecule has 2 nitrogen and oxygen atoms in total. The Balaban J connectivity index is 2.13. The molecule has 1 aromatic rings. The summed E-state index contributed by atoms with van der Waals surface area (Å²) in [4.78, 5) is 2.59. The lowest BCUT2D eigenvalue weighted by atomic mass is 10.0. The molecule has 1 heterocycles. The second-order valence-electron chi connectivity index (χ2n) is 5.95. The molecule has 0 bridgehead atoms. The topological polar surface area (TPSA) is 15.3 Å². The van der Waals surface area contributed by atoms with E-state index in [1.54, 1.807) is 0 Å². The summed E-state index contributed by atoms with van der Waals surface area (Å²) in [5.74, 6) is 0.669. The molecule has 2 heteroatoms. The molecule has 0 aromatic heterocycles. The summed E-state index contributed by atoms with van der Waals surface area (Å²) in [7, 11) is 0. The molecule has 0 amide bonds. The molecule has 1 aliphatic rings. The van der Waals surface area contributed by atoms with Crippen molar-refractivity contribution in [3.05, 3.63) is 29.8 Å². The van der Waals surface area contributed by atoms with Gasteiger partial charge < -0.3 is 10.2 Å². The lowest BCUT2D eigenvalue weighted by molar-refractivity contribution is 0.416. The highest BCUT2D eigenvalue weighted by molar-refractivity contribution is 5.58. The zero-order valence-electron chi connectivity index (χ0n) is 12.1. The van der Waals surface area contributed by atoms with E-state index in [9.17, 15) is 0 Å². The molecular weight excluding hydrogens is 220 g/mol. The molecule has 1 atom stereocenters. The van der Waals surface area contributed by atoms with E-state index >= 15 is 0 Å². The number of hydrogen-bond acceptors (Lipinski definition) is 2. The predicted octanol–water partition coefficient (Wildman–Crippen LogP) is 3.07. The number of para-hydroxylation sites is 1. The first-order valence-electron chi connectivity index (χ1n) is 7.17. The van der Waals surface area contributed by atoms with E-state index in [0.717, 1.165) is 6.54 Å². The highest BCUT2D eigenvalue weighted by Crippen LogP contribution is 2.31. The van der Waals surface area contributed by atoms with E-state index in [0.29, 0.717) is 18.0 Å². The minimum Gasteiger partial charge on any atom is -0.366 e. The number of nitrogens with zero attached hydrogens (tertiary/aromatic N) is 1. The molecule has 0 fully saturated rings. The quantitative estimate of drug-likeness (QED) is 0.859. The van der Waals surface area contributed by atoms with Crippen molar-refractivity contribution in [3.63, 3.8) is 0 Å². The maximum absolute atomic E-state index is 3.59. The Bertz CT molecular complexity index is 384. The van der Waals surface area contributed by atoms with E-state index in [1.165, 1.54) is 24.2 Å². The van der Waals surface area contributed by atoms with Gasteiger partial charge in [-0.2, -0.15) is 0 Å². The van der Waals surface area contributed by atoms with Gasteiger partial charge in [0.15, 0.2) is 0 Å². The van der Waals surface area contributed by atoms with Crippen LogP contribution in [0.4, 0.5) is 5.69 Å². The average molecular weight is 246 g/mol. The number of fused-ring (bicyclic) bond motifs is 1. The van der Waals surface area contributed by atoms with Gasteiger partial charge in [-0.1, -0.05) is 45.9 Å². The van der Waals surface area contributed by atoms with Crippen LogP contribution in [0.3, 0.4) is 0 Å². The Labute approximate surface area is 111 Å². The molecule has 1 aromatic carbocycles. The molecule has 0 saturated carbocycles. The fourth-order valence-corrected chi connectivity index (χ4v) is 2.77. The van der Waals surface area contributed by atoms with Crippen LogP contribution in [0, 0.1) is 5.92 Å². The molecule has 0 radical (unpaired) electrons. The van der Waals surface area contributed by atoms with Crippen LogP contribution in [0.5, 0.6) is 0 Å². The third-order valence-corrected chi connectivity index (χ3v) is 3.83. The maximum Gasteiger partial charge on any atom is 0.0437 e. The molecule has 1 unspecified atom stereocenters. The lowest BCUT2D eigenvalue weighted by Gasteiger charge is -2.34. The predicted molar refractivity (Wildman–Crippen MR) is 79.3 cm³/mol. The zero-order chi connectivity index (χ0) is 13.1. The normalized spacial score (nSPS) is 16.4. The summed E-state index contributed by atoms with van der Waals surface area (Å²) in [6.07, 6.45) is 1.20. The van der Waals surface area contributed by atoms with Crippen molar-refractivity contribution in [3.8, 4) is 0 Å². The van der Waals surface area contributed by atoms with Gasteiger partial charge in [-0.25, -0.2) is 0 Å². The van der Waals surface area contributed by atoms with Crippen LogP contribution in [-0.2, 0) is 6.42 Å². The summed E-state index contributed by atoms with van der Waals surface area (Å²) in [5, 5.41) is 3.59. The van der Waals surface area contributed by atoms with E-state index in [-0.39, 0.29) is 0 Å². The lowest BCUT2D eigenvalue weighted by Crippen LogP contribution is -2.46. The first-order chi connectivity index (χ1) is 8.59. The summed E-state index contributed by atoms with van der Waals surface area (Å²) < 4.78 is 0. The van der Waals surface area contributed by atoms with Crippen molar-refractivity contribution in [2.75, 3.05) is 18.0 Å². The number of rotatable bonds is 5. The van der Waals surface area contributed by atoms with Gasteiger partial charge in [0, 0.05) is 30.9 Å². The molecular formula is C16H26N2. The van der Waals surface area contributed by atoms with Crippen molar-refractivity contribution in [2.24, 2.45) is 5.92 Å². The van der Waals surface area contributed by atoms with E-state index < -0.39 is 0 Å². The van der Waals surface area contributed by atoms with Crippen molar-refractivity contribution in [1.29, 1.82) is 0 Å². The van der Waals surface area contributed by atoms with Crippen LogP contribution in [0.15, 0.2) is 24.3 Å². The molecule has 1 aliphatic heterocycles. The fraction of sp³-hybridized carbons (Fsp3) is 0.625. The van der Waals surface area contributed by atoms with E-state index in [4.69, 9.17) is 0 Å². The van der Waals surface area contributed by atoms with Gasteiger partial charge >= 0.3 is 0 Å². The molecule has 0 saturated heterocycles. The summed E-state index contributed by atoms with van der Waals surface area (Å²) in [5.41, 5.74) is 2.95. The van der Waals surface area contributed by atoms with Crippen LogP contribution >= 0.6 is 0 Å². The number of benzene rings is 1. The van der Waals surface area contributed by atoms with Gasteiger partial charge in [0.25, 0.3) is 0 Å². The summed E-state index contributed by atoms with van der Waals surface area (Å²) in [6.45, 7) is 11.3. The second kappa shape index (κ2) is 5.75. The smallest absolute Gasteiger partial charge is 0.0437 e. The van der Waals surface area contributed by atoms with Gasteiger partial charge in [0.2, 0.25) is 0 Å². The standard InChI is InChI=1S/C16H26N2/c1-12(2)16(11-17-13(3)4)18-10-9-14-7-5-6-8-15(14)18/h5-8,12-13,16-17H,9-11H2,1-4H3. The Morgan fingerprint density at radius 2 is 1.89 bits per heavy atom. The third-order valence-electron chi connectivity index (χ3n) is 3.83. The fourth-order valence-electron chi connectivity index (χ4n) is 2.77. The molecule has 100 valence electrons. The Morgan fingerprint density at radius 3 is 2.56 bits per heavy atom. The summed E-state index contributed by atoms with van der Waals surface area (Å²) >= 11 is 0. The number of nitrogens with one attached hydrogen (secondary N) is 1. The van der Waals surface area contributed by atoms with Crippen LogP contribution in [0.25, 0.3) is 0 Å². The Kier molecular flexibility index (Phi) is 4.28. The second-order valence-corrected chi connectivity index (χ2v) is 5.95. The molecule has 18 heavy (non-hydrogen) atoms. The number of anilines is 1. The minimum absolute atomic E-state index is 0.559. The first-order valence-corrected chi connectivity index (χ1v) is 7.17. The van der Waals surface area contributed by atoms with Gasteiger partial charge in [-0.3, -0.25) is 0 Å². The van der Waals surface area contributed by atoms with E-state index in [2.05, 4.69) is 62.2 Å². The van der Waals surface area contributed by atoms with Gasteiger partial charge in [-0.05, 0) is 24.0 Å². The van der Waals surface area contributed by atoms with Crippen LogP contribution in [-0.4, -0.2) is 25.2 Å². The maximum atomic E-state index is 3.59. The molecule has 0 spiro atoms. The van der Waals surface area contributed by atoms with Crippen molar-refractivity contribution in [1.82, 2.24) is 5.32 Å². The third kappa shape index (κ3) is 2.86. The SMILES string of the molecule is CC(C)NCC(C(C)C)N1CCc2ccccc21. The van der Waals surface area contributed by atoms with Crippen molar-refractivity contribution < 1.29 is 0 Å². The van der Waals surface area contributed by atoms with Crippen molar-refractivity contribution in [2.45, 2.75) is 46.2 Å². The zero-order valence-corrected chi connectivity index (χ0v) is 12.1.